The van der Waals surface area contributed by atoms with Crippen molar-refractivity contribution in [1.29, 1.82) is 0 Å². The fourth-order valence-electron chi connectivity index (χ4n) is 1.77. The van der Waals surface area contributed by atoms with E-state index in [1.807, 2.05) is 0 Å². The molecule has 0 aromatic carbocycles. The first-order valence-electron chi connectivity index (χ1n) is 6.19. The molecule has 5 nitrogen and oxygen atoms in total. The first kappa shape index (κ1) is 17.4. The van der Waals surface area contributed by atoms with Crippen LogP contribution in [0.3, 0.4) is 0 Å². The van der Waals surface area contributed by atoms with E-state index >= 15 is 0 Å². The summed E-state index contributed by atoms with van der Waals surface area (Å²) in [5.41, 5.74) is 0.128. The van der Waals surface area contributed by atoms with Gasteiger partial charge in [-0.2, -0.15) is 0 Å². The van der Waals surface area contributed by atoms with Crippen molar-refractivity contribution in [3.8, 4) is 0 Å². The van der Waals surface area contributed by atoms with E-state index in [0.29, 0.717) is 6.42 Å². The van der Waals surface area contributed by atoms with Gasteiger partial charge in [-0.15, -0.1) is 0 Å². The molecule has 6 heteroatoms. The van der Waals surface area contributed by atoms with Gasteiger partial charge in [0.15, 0.2) is 0 Å². The molecule has 0 aromatic rings. The normalized spacial score (nSPS) is 13.7. The molecule has 0 aliphatic heterocycles. The Morgan fingerprint density at radius 1 is 1.17 bits per heavy atom. The van der Waals surface area contributed by atoms with Gasteiger partial charge in [-0.05, 0) is 26.2 Å². The summed E-state index contributed by atoms with van der Waals surface area (Å²) in [5.74, 6) is -1.31. The molecule has 0 spiro atoms. The van der Waals surface area contributed by atoms with E-state index in [0.717, 1.165) is 0 Å². The summed E-state index contributed by atoms with van der Waals surface area (Å²) in [7, 11) is -3.49. The van der Waals surface area contributed by atoms with Gasteiger partial charge in [0.05, 0.1) is 24.1 Å². The summed E-state index contributed by atoms with van der Waals surface area (Å²) < 4.78 is 23.1. The molecule has 0 aliphatic rings. The molecule has 0 bridgehead atoms. The summed E-state index contributed by atoms with van der Waals surface area (Å²) >= 11 is 0. The van der Waals surface area contributed by atoms with Gasteiger partial charge in [0, 0.05) is 0 Å². The van der Waals surface area contributed by atoms with Crippen LogP contribution >= 0.6 is 7.60 Å². The van der Waals surface area contributed by atoms with Gasteiger partial charge < -0.3 is 14.2 Å². The molecule has 0 atom stereocenters. The van der Waals surface area contributed by atoms with Crippen LogP contribution in [-0.4, -0.2) is 24.3 Å². The van der Waals surface area contributed by atoms with Gasteiger partial charge in [-0.3, -0.25) is 4.57 Å². The van der Waals surface area contributed by atoms with E-state index in [-0.39, 0.29) is 30.0 Å². The molecular formula is C12H23O5P. The molecule has 0 fully saturated rings. The molecule has 0 amide bonds. The second-order valence-corrected chi connectivity index (χ2v) is 6.06. The number of carboxylic acids is 1. The zero-order chi connectivity index (χ0) is 14.3. The number of carboxylic acid groups (broad SMARTS) is 1. The van der Waals surface area contributed by atoms with Gasteiger partial charge in [-0.25, -0.2) is 4.79 Å². The highest BCUT2D eigenvalue weighted by Gasteiger charge is 2.34. The summed E-state index contributed by atoms with van der Waals surface area (Å²) in [6.07, 6.45) is 0.330. The lowest BCUT2D eigenvalue weighted by Crippen LogP contribution is -2.12. The largest absolute Gasteiger partial charge is 0.478 e. The van der Waals surface area contributed by atoms with Crippen molar-refractivity contribution in [2.45, 2.75) is 41.0 Å². The standard InChI is InChI=1S/C12H23O5P/c1-6-10(11(9(4)5)12(13)14)18(15,16-7-2)17-8-3/h9H,6-8H2,1-5H3,(H,13,14). The van der Waals surface area contributed by atoms with Crippen molar-refractivity contribution in [2.75, 3.05) is 13.2 Å². The highest BCUT2D eigenvalue weighted by atomic mass is 31.2. The third-order valence-corrected chi connectivity index (χ3v) is 4.80. The molecule has 1 N–H and O–H groups in total. The molecule has 0 aliphatic carbocycles. The van der Waals surface area contributed by atoms with Crippen molar-refractivity contribution >= 4 is 13.6 Å². The molecule has 106 valence electrons. The van der Waals surface area contributed by atoms with Crippen molar-refractivity contribution < 1.29 is 23.5 Å². The molecule has 18 heavy (non-hydrogen) atoms. The van der Waals surface area contributed by atoms with E-state index in [9.17, 15) is 14.5 Å². The quantitative estimate of drug-likeness (QED) is 0.542. The number of allylic oxidation sites excluding steroid dienone is 1. The van der Waals surface area contributed by atoms with Crippen LogP contribution in [0.2, 0.25) is 0 Å². The van der Waals surface area contributed by atoms with Gasteiger partial charge in [-0.1, -0.05) is 20.8 Å². The Morgan fingerprint density at radius 2 is 1.61 bits per heavy atom. The molecule has 0 unspecified atom stereocenters. The van der Waals surface area contributed by atoms with Gasteiger partial charge in [0.2, 0.25) is 0 Å². The Bertz CT molecular complexity index is 349. The van der Waals surface area contributed by atoms with E-state index in [2.05, 4.69) is 0 Å². The van der Waals surface area contributed by atoms with Crippen LogP contribution in [-0.2, 0) is 18.4 Å². The second-order valence-electron chi connectivity index (χ2n) is 4.01. The molecule has 0 rings (SSSR count). The average molecular weight is 278 g/mol. The van der Waals surface area contributed by atoms with Gasteiger partial charge in [0.1, 0.15) is 0 Å². The lowest BCUT2D eigenvalue weighted by Gasteiger charge is -2.22. The van der Waals surface area contributed by atoms with Crippen LogP contribution in [0.4, 0.5) is 0 Å². The Morgan fingerprint density at radius 3 is 1.83 bits per heavy atom. The fraction of sp³-hybridized carbons (Fsp3) is 0.750. The smallest absolute Gasteiger partial charge is 0.357 e. The molecular weight excluding hydrogens is 255 g/mol. The average Bonchev–Trinajstić information content (AvgIpc) is 2.24. The number of rotatable bonds is 8. The third-order valence-electron chi connectivity index (χ3n) is 2.38. The number of aliphatic carboxylic acids is 1. The maximum atomic E-state index is 12.6. The first-order valence-corrected chi connectivity index (χ1v) is 7.74. The number of hydrogen-bond acceptors (Lipinski definition) is 4. The van der Waals surface area contributed by atoms with E-state index < -0.39 is 13.6 Å². The lowest BCUT2D eigenvalue weighted by atomic mass is 10.0. The van der Waals surface area contributed by atoms with Crippen molar-refractivity contribution in [2.24, 2.45) is 5.92 Å². The zero-order valence-electron chi connectivity index (χ0n) is 11.7. The Labute approximate surface area is 109 Å². The predicted molar refractivity (Wildman–Crippen MR) is 70.6 cm³/mol. The maximum Gasteiger partial charge on any atom is 0.357 e. The van der Waals surface area contributed by atoms with Crippen LogP contribution in [0.25, 0.3) is 0 Å². The molecule has 0 heterocycles. The van der Waals surface area contributed by atoms with Crippen LogP contribution in [0.15, 0.2) is 10.9 Å². The fourth-order valence-corrected chi connectivity index (χ4v) is 3.87. The predicted octanol–water partition coefficient (Wildman–Crippen LogP) is 3.66. The minimum Gasteiger partial charge on any atom is -0.478 e. The highest BCUT2D eigenvalue weighted by Crippen LogP contribution is 2.59. The summed E-state index contributed by atoms with van der Waals surface area (Å²) in [6.45, 7) is 9.09. The Balaban J connectivity index is 5.80. The van der Waals surface area contributed by atoms with Crippen LogP contribution in [0.5, 0.6) is 0 Å². The first-order chi connectivity index (χ1) is 8.33. The SMILES string of the molecule is CCOP(=O)(OCC)C(CC)=C(C(=O)O)C(C)C. The highest BCUT2D eigenvalue weighted by molar-refractivity contribution is 7.58. The third kappa shape index (κ3) is 4.23. The minimum absolute atomic E-state index is 0.128. The molecule has 0 aromatic heterocycles. The topological polar surface area (TPSA) is 72.8 Å². The molecule has 0 saturated carbocycles. The monoisotopic (exact) mass is 278 g/mol. The van der Waals surface area contributed by atoms with Crippen molar-refractivity contribution in [1.82, 2.24) is 0 Å². The number of hydrogen-bond donors (Lipinski definition) is 1. The summed E-state index contributed by atoms with van der Waals surface area (Å²) in [5, 5.41) is 9.53. The van der Waals surface area contributed by atoms with Crippen LogP contribution in [0.1, 0.15) is 41.0 Å². The van der Waals surface area contributed by atoms with Gasteiger partial charge in [0.25, 0.3) is 0 Å². The second kappa shape index (κ2) is 7.72. The van der Waals surface area contributed by atoms with E-state index in [1.54, 1.807) is 34.6 Å². The van der Waals surface area contributed by atoms with Gasteiger partial charge >= 0.3 is 13.6 Å². The Kier molecular flexibility index (Phi) is 7.45. The zero-order valence-corrected chi connectivity index (χ0v) is 12.6. The number of carbonyl (C=O) groups is 1. The molecule has 0 saturated heterocycles. The molecule has 0 radical (unpaired) electrons. The van der Waals surface area contributed by atoms with Crippen molar-refractivity contribution in [3.63, 3.8) is 0 Å². The summed E-state index contributed by atoms with van der Waals surface area (Å²) in [4.78, 5) is 11.3. The van der Waals surface area contributed by atoms with Crippen LogP contribution < -0.4 is 0 Å². The van der Waals surface area contributed by atoms with E-state index in [4.69, 9.17) is 9.05 Å². The lowest BCUT2D eigenvalue weighted by molar-refractivity contribution is -0.133. The van der Waals surface area contributed by atoms with Crippen molar-refractivity contribution in [3.05, 3.63) is 10.9 Å². The minimum atomic E-state index is -3.49. The summed E-state index contributed by atoms with van der Waals surface area (Å²) in [6, 6.07) is 0. The van der Waals surface area contributed by atoms with E-state index in [1.165, 1.54) is 0 Å². The maximum absolute atomic E-state index is 12.6. The Hall–Kier alpha value is -0.640. The van der Waals surface area contributed by atoms with Crippen LogP contribution in [0, 0.1) is 5.92 Å².